The summed E-state index contributed by atoms with van der Waals surface area (Å²) in [7, 11) is 0. The fourth-order valence-electron chi connectivity index (χ4n) is 2.59. The maximum absolute atomic E-state index is 11.8. The highest BCUT2D eigenvalue weighted by molar-refractivity contribution is 5.85. The molecule has 1 aliphatic heterocycles. The van der Waals surface area contributed by atoms with E-state index in [1.807, 2.05) is 0 Å². The van der Waals surface area contributed by atoms with Crippen LogP contribution in [0.15, 0.2) is 0 Å². The van der Waals surface area contributed by atoms with Gasteiger partial charge in [0.2, 0.25) is 5.91 Å². The summed E-state index contributed by atoms with van der Waals surface area (Å²) in [5.74, 6) is 0.914. The minimum atomic E-state index is -0.191. The van der Waals surface area contributed by atoms with E-state index in [1.165, 1.54) is 12.8 Å². The zero-order valence-corrected chi connectivity index (χ0v) is 14.0. The van der Waals surface area contributed by atoms with Crippen LogP contribution in [0.2, 0.25) is 0 Å². The van der Waals surface area contributed by atoms with Crippen molar-refractivity contribution in [3.05, 3.63) is 0 Å². The van der Waals surface area contributed by atoms with E-state index in [-0.39, 0.29) is 24.3 Å². The Bertz CT molecular complexity index is 307. The molecular formula is C15H29ClN2O3. The van der Waals surface area contributed by atoms with Crippen molar-refractivity contribution in [3.8, 4) is 0 Å². The minimum Gasteiger partial charge on any atom is -0.466 e. The SMILES string of the molecule is CCOC(=O)CCCNC(=O)CC(C)C1CCCNC1.Cl. The summed E-state index contributed by atoms with van der Waals surface area (Å²) in [6.07, 6.45) is 4.01. The first-order chi connectivity index (χ1) is 9.63. The Labute approximate surface area is 134 Å². The smallest absolute Gasteiger partial charge is 0.305 e. The Balaban J connectivity index is 0.00000400. The van der Waals surface area contributed by atoms with Crippen LogP contribution in [0.1, 0.15) is 46.0 Å². The third-order valence-electron chi connectivity index (χ3n) is 3.83. The van der Waals surface area contributed by atoms with E-state index in [1.54, 1.807) is 6.92 Å². The molecule has 0 aliphatic carbocycles. The fraction of sp³-hybridized carbons (Fsp3) is 0.867. The standard InChI is InChI=1S/C15H28N2O3.ClH/c1-3-20-15(19)7-5-9-17-14(18)10-12(2)13-6-4-8-16-11-13;/h12-13,16H,3-11H2,1-2H3,(H,17,18);1H. The molecule has 1 heterocycles. The first-order valence-corrected chi connectivity index (χ1v) is 7.76. The molecule has 1 rings (SSSR count). The van der Waals surface area contributed by atoms with Crippen molar-refractivity contribution in [1.29, 1.82) is 0 Å². The minimum absolute atomic E-state index is 0. The van der Waals surface area contributed by atoms with E-state index < -0.39 is 0 Å². The lowest BCUT2D eigenvalue weighted by Crippen LogP contribution is -2.35. The number of esters is 1. The van der Waals surface area contributed by atoms with Crippen LogP contribution in [-0.4, -0.2) is 38.1 Å². The molecule has 124 valence electrons. The maximum Gasteiger partial charge on any atom is 0.305 e. The Morgan fingerprint density at radius 1 is 1.43 bits per heavy atom. The van der Waals surface area contributed by atoms with Gasteiger partial charge >= 0.3 is 5.97 Å². The lowest BCUT2D eigenvalue weighted by molar-refractivity contribution is -0.143. The lowest BCUT2D eigenvalue weighted by atomic mass is 9.85. The Hall–Kier alpha value is -0.810. The van der Waals surface area contributed by atoms with Gasteiger partial charge in [-0.15, -0.1) is 12.4 Å². The highest BCUT2D eigenvalue weighted by Gasteiger charge is 2.21. The largest absolute Gasteiger partial charge is 0.466 e. The van der Waals surface area contributed by atoms with Gasteiger partial charge in [0.1, 0.15) is 0 Å². The molecule has 0 radical (unpaired) electrons. The first-order valence-electron chi connectivity index (χ1n) is 7.76. The van der Waals surface area contributed by atoms with E-state index >= 15 is 0 Å². The number of halogens is 1. The maximum atomic E-state index is 11.8. The van der Waals surface area contributed by atoms with Gasteiger partial charge < -0.3 is 15.4 Å². The number of hydrogen-bond donors (Lipinski definition) is 2. The molecule has 1 fully saturated rings. The molecule has 1 saturated heterocycles. The van der Waals surface area contributed by atoms with Gasteiger partial charge in [-0.2, -0.15) is 0 Å². The lowest BCUT2D eigenvalue weighted by Gasteiger charge is -2.28. The summed E-state index contributed by atoms with van der Waals surface area (Å²) in [5.41, 5.74) is 0. The molecule has 0 spiro atoms. The third kappa shape index (κ3) is 8.94. The average Bonchev–Trinajstić information content (AvgIpc) is 2.45. The van der Waals surface area contributed by atoms with E-state index in [0.717, 1.165) is 13.1 Å². The van der Waals surface area contributed by atoms with Crippen molar-refractivity contribution in [3.63, 3.8) is 0 Å². The molecule has 0 aromatic rings. The number of piperidine rings is 1. The first kappa shape index (κ1) is 20.2. The molecule has 2 N–H and O–H groups in total. The number of nitrogens with one attached hydrogen (secondary N) is 2. The van der Waals surface area contributed by atoms with E-state index in [4.69, 9.17) is 4.74 Å². The Morgan fingerprint density at radius 2 is 2.19 bits per heavy atom. The summed E-state index contributed by atoms with van der Waals surface area (Å²) in [6, 6.07) is 0. The molecular weight excluding hydrogens is 292 g/mol. The highest BCUT2D eigenvalue weighted by atomic mass is 35.5. The van der Waals surface area contributed by atoms with E-state index in [2.05, 4.69) is 17.6 Å². The second-order valence-corrected chi connectivity index (χ2v) is 5.55. The molecule has 2 atom stereocenters. The van der Waals surface area contributed by atoms with Gasteiger partial charge in [-0.25, -0.2) is 0 Å². The van der Waals surface area contributed by atoms with Crippen LogP contribution < -0.4 is 10.6 Å². The van der Waals surface area contributed by atoms with Crippen LogP contribution in [0.25, 0.3) is 0 Å². The number of rotatable bonds is 8. The Morgan fingerprint density at radius 3 is 2.81 bits per heavy atom. The van der Waals surface area contributed by atoms with E-state index in [0.29, 0.717) is 44.2 Å². The van der Waals surface area contributed by atoms with Crippen LogP contribution >= 0.6 is 12.4 Å². The number of carbonyl (C=O) groups excluding carboxylic acids is 2. The van der Waals surface area contributed by atoms with Crippen molar-refractivity contribution in [2.45, 2.75) is 46.0 Å². The topological polar surface area (TPSA) is 67.4 Å². The van der Waals surface area contributed by atoms with Gasteiger partial charge in [0, 0.05) is 19.4 Å². The molecule has 0 aromatic heterocycles. The second-order valence-electron chi connectivity index (χ2n) is 5.55. The quantitative estimate of drug-likeness (QED) is 0.529. The van der Waals surface area contributed by atoms with Crippen LogP contribution in [0.3, 0.4) is 0 Å². The van der Waals surface area contributed by atoms with Crippen LogP contribution in [-0.2, 0) is 14.3 Å². The Kier molecular flexibility index (Phi) is 11.4. The van der Waals surface area contributed by atoms with Crippen LogP contribution in [0, 0.1) is 11.8 Å². The number of carbonyl (C=O) groups is 2. The van der Waals surface area contributed by atoms with Gasteiger partial charge in [0.15, 0.2) is 0 Å². The molecule has 0 saturated carbocycles. The normalized spacial score (nSPS) is 19.2. The van der Waals surface area contributed by atoms with Crippen molar-refractivity contribution in [1.82, 2.24) is 10.6 Å². The summed E-state index contributed by atoms with van der Waals surface area (Å²) >= 11 is 0. The third-order valence-corrected chi connectivity index (χ3v) is 3.83. The highest BCUT2D eigenvalue weighted by Crippen LogP contribution is 2.22. The van der Waals surface area contributed by atoms with Crippen LogP contribution in [0.4, 0.5) is 0 Å². The van der Waals surface area contributed by atoms with Crippen molar-refractivity contribution >= 4 is 24.3 Å². The molecule has 5 nitrogen and oxygen atoms in total. The van der Waals surface area contributed by atoms with Gasteiger partial charge in [-0.3, -0.25) is 9.59 Å². The van der Waals surface area contributed by atoms with Gasteiger partial charge in [0.25, 0.3) is 0 Å². The molecule has 6 heteroatoms. The summed E-state index contributed by atoms with van der Waals surface area (Å²) in [4.78, 5) is 22.9. The van der Waals surface area contributed by atoms with Crippen LogP contribution in [0.5, 0.6) is 0 Å². The molecule has 0 aromatic carbocycles. The van der Waals surface area contributed by atoms with Crippen molar-refractivity contribution in [2.75, 3.05) is 26.2 Å². The molecule has 1 amide bonds. The summed E-state index contributed by atoms with van der Waals surface area (Å²) in [5, 5.41) is 6.27. The van der Waals surface area contributed by atoms with Crippen molar-refractivity contribution < 1.29 is 14.3 Å². The molecule has 0 bridgehead atoms. The van der Waals surface area contributed by atoms with Crippen molar-refractivity contribution in [2.24, 2.45) is 11.8 Å². The number of hydrogen-bond acceptors (Lipinski definition) is 4. The zero-order valence-electron chi connectivity index (χ0n) is 13.2. The zero-order chi connectivity index (χ0) is 14.8. The number of ether oxygens (including phenoxy) is 1. The van der Waals surface area contributed by atoms with Gasteiger partial charge in [-0.1, -0.05) is 6.92 Å². The molecule has 1 aliphatic rings. The molecule has 21 heavy (non-hydrogen) atoms. The van der Waals surface area contributed by atoms with Gasteiger partial charge in [0.05, 0.1) is 6.61 Å². The summed E-state index contributed by atoms with van der Waals surface area (Å²) < 4.78 is 4.83. The van der Waals surface area contributed by atoms with Gasteiger partial charge in [-0.05, 0) is 51.1 Å². The average molecular weight is 321 g/mol. The summed E-state index contributed by atoms with van der Waals surface area (Å²) in [6.45, 7) is 7.03. The fourth-order valence-corrected chi connectivity index (χ4v) is 2.59. The number of amides is 1. The predicted octanol–water partition coefficient (Wildman–Crippen LogP) is 1.89. The monoisotopic (exact) mass is 320 g/mol. The molecule has 2 unspecified atom stereocenters. The second kappa shape index (κ2) is 11.8. The predicted molar refractivity (Wildman–Crippen MR) is 85.5 cm³/mol. The van der Waals surface area contributed by atoms with E-state index in [9.17, 15) is 9.59 Å².